The summed E-state index contributed by atoms with van der Waals surface area (Å²) < 4.78 is 1.26. The standard InChI is InChI=1S/C9H8N2S.C7H4Br2O2/c10-9-11-8(6-12-9)7-4-2-1-3-5-7;8-5-1-4(3-10)7(11)6(9)2-5/h1-6H,(H2,10,11);1-3,11H. The van der Waals surface area contributed by atoms with Crippen LogP contribution in [-0.4, -0.2) is 16.4 Å². The van der Waals surface area contributed by atoms with E-state index in [9.17, 15) is 9.90 Å². The largest absolute Gasteiger partial charge is 0.506 e. The Morgan fingerprint density at radius 3 is 2.43 bits per heavy atom. The fourth-order valence-electron chi connectivity index (χ4n) is 1.70. The zero-order chi connectivity index (χ0) is 16.8. The number of aromatic hydroxyl groups is 1. The summed E-state index contributed by atoms with van der Waals surface area (Å²) in [5, 5.41) is 11.8. The van der Waals surface area contributed by atoms with Gasteiger partial charge in [-0.1, -0.05) is 46.3 Å². The molecule has 3 aromatic rings. The van der Waals surface area contributed by atoms with E-state index in [4.69, 9.17) is 5.73 Å². The van der Waals surface area contributed by atoms with Gasteiger partial charge in [0.05, 0.1) is 15.7 Å². The van der Waals surface area contributed by atoms with Crippen molar-refractivity contribution in [2.75, 3.05) is 5.73 Å². The van der Waals surface area contributed by atoms with Crippen molar-refractivity contribution in [3.05, 3.63) is 62.4 Å². The number of thiazole rings is 1. The number of aldehydes is 1. The van der Waals surface area contributed by atoms with Crippen LogP contribution in [0.1, 0.15) is 10.4 Å². The second kappa shape index (κ2) is 8.24. The third kappa shape index (κ3) is 4.89. The van der Waals surface area contributed by atoms with E-state index >= 15 is 0 Å². The number of anilines is 1. The highest BCUT2D eigenvalue weighted by Crippen LogP contribution is 2.30. The van der Waals surface area contributed by atoms with E-state index < -0.39 is 0 Å². The summed E-state index contributed by atoms with van der Waals surface area (Å²) >= 11 is 7.75. The van der Waals surface area contributed by atoms with Gasteiger partial charge in [-0.15, -0.1) is 11.3 Å². The lowest BCUT2D eigenvalue weighted by Gasteiger charge is -1.99. The Morgan fingerprint density at radius 2 is 1.87 bits per heavy atom. The number of rotatable bonds is 2. The Balaban J connectivity index is 0.000000168. The third-order valence-electron chi connectivity index (χ3n) is 2.78. The quantitative estimate of drug-likeness (QED) is 0.525. The molecule has 23 heavy (non-hydrogen) atoms. The molecular weight excluding hydrogens is 444 g/mol. The molecular formula is C16H12Br2N2O2S. The van der Waals surface area contributed by atoms with Crippen molar-refractivity contribution in [1.29, 1.82) is 0 Å². The minimum Gasteiger partial charge on any atom is -0.506 e. The Bertz CT molecular complexity index is 807. The molecule has 0 spiro atoms. The Hall–Kier alpha value is -1.70. The van der Waals surface area contributed by atoms with E-state index in [0.29, 0.717) is 15.9 Å². The summed E-state index contributed by atoms with van der Waals surface area (Å²) in [5.41, 5.74) is 7.87. The van der Waals surface area contributed by atoms with E-state index in [1.165, 1.54) is 11.3 Å². The predicted octanol–water partition coefficient (Wildman–Crippen LogP) is 5.12. The second-order valence-electron chi connectivity index (χ2n) is 4.38. The third-order valence-corrected chi connectivity index (χ3v) is 4.51. The van der Waals surface area contributed by atoms with Gasteiger partial charge in [-0.25, -0.2) is 4.98 Å². The minimum atomic E-state index is -0.0248. The molecule has 0 bridgehead atoms. The molecule has 1 heterocycles. The molecule has 0 unspecified atom stereocenters. The molecule has 1 aromatic heterocycles. The molecule has 4 nitrogen and oxygen atoms in total. The van der Waals surface area contributed by atoms with Gasteiger partial charge in [-0.2, -0.15) is 0 Å². The van der Waals surface area contributed by atoms with Crippen LogP contribution in [0, 0.1) is 0 Å². The fourth-order valence-corrected chi connectivity index (χ4v) is 3.54. The summed E-state index contributed by atoms with van der Waals surface area (Å²) in [5.74, 6) is -0.0248. The number of nitrogens with zero attached hydrogens (tertiary/aromatic N) is 1. The average molecular weight is 456 g/mol. The van der Waals surface area contributed by atoms with E-state index in [2.05, 4.69) is 36.8 Å². The molecule has 2 aromatic carbocycles. The number of hydrogen-bond acceptors (Lipinski definition) is 5. The Kier molecular flexibility index (Phi) is 6.32. The van der Waals surface area contributed by atoms with Crippen molar-refractivity contribution in [2.24, 2.45) is 0 Å². The first kappa shape index (κ1) is 17.7. The molecule has 118 valence electrons. The molecule has 0 saturated carbocycles. The minimum absolute atomic E-state index is 0.0248. The zero-order valence-corrected chi connectivity index (χ0v) is 15.7. The number of aromatic nitrogens is 1. The van der Waals surface area contributed by atoms with Crippen LogP contribution < -0.4 is 5.73 Å². The molecule has 0 radical (unpaired) electrons. The van der Waals surface area contributed by atoms with Crippen LogP contribution in [0.5, 0.6) is 5.75 Å². The molecule has 7 heteroatoms. The monoisotopic (exact) mass is 454 g/mol. The lowest BCUT2D eigenvalue weighted by atomic mass is 10.2. The van der Waals surface area contributed by atoms with Crippen LogP contribution in [0.2, 0.25) is 0 Å². The predicted molar refractivity (Wildman–Crippen MR) is 101 cm³/mol. The highest BCUT2D eigenvalue weighted by Gasteiger charge is 2.05. The summed E-state index contributed by atoms with van der Waals surface area (Å²) in [6.07, 6.45) is 0.602. The molecule has 3 N–H and O–H groups in total. The van der Waals surface area contributed by atoms with E-state index in [-0.39, 0.29) is 11.3 Å². The zero-order valence-electron chi connectivity index (χ0n) is 11.7. The van der Waals surface area contributed by atoms with Crippen LogP contribution in [-0.2, 0) is 0 Å². The van der Waals surface area contributed by atoms with Gasteiger partial charge in [-0.05, 0) is 28.1 Å². The van der Waals surface area contributed by atoms with Crippen molar-refractivity contribution in [3.8, 4) is 17.0 Å². The number of carbonyl (C=O) groups is 1. The number of phenolic OH excluding ortho intramolecular Hbond substituents is 1. The van der Waals surface area contributed by atoms with Gasteiger partial charge >= 0.3 is 0 Å². The molecule has 0 aliphatic rings. The Morgan fingerprint density at radius 1 is 1.17 bits per heavy atom. The number of nitrogen functional groups attached to an aromatic ring is 1. The summed E-state index contributed by atoms with van der Waals surface area (Å²) in [7, 11) is 0. The molecule has 0 atom stereocenters. The number of phenols is 1. The van der Waals surface area contributed by atoms with Crippen molar-refractivity contribution in [3.63, 3.8) is 0 Å². The van der Waals surface area contributed by atoms with Gasteiger partial charge in [0.25, 0.3) is 0 Å². The van der Waals surface area contributed by atoms with Gasteiger partial charge in [0.1, 0.15) is 5.75 Å². The maximum atomic E-state index is 10.3. The van der Waals surface area contributed by atoms with E-state index in [0.717, 1.165) is 15.7 Å². The molecule has 0 amide bonds. The normalized spacial score (nSPS) is 9.83. The second-order valence-corrected chi connectivity index (χ2v) is 7.04. The lowest BCUT2D eigenvalue weighted by molar-refractivity contribution is 0.112. The average Bonchev–Trinajstić information content (AvgIpc) is 2.99. The summed E-state index contributed by atoms with van der Waals surface area (Å²) in [4.78, 5) is 14.5. The topological polar surface area (TPSA) is 76.2 Å². The molecule has 0 saturated heterocycles. The maximum absolute atomic E-state index is 10.3. The van der Waals surface area contributed by atoms with Crippen LogP contribution in [0.3, 0.4) is 0 Å². The molecule has 0 fully saturated rings. The van der Waals surface area contributed by atoms with E-state index in [1.54, 1.807) is 12.1 Å². The van der Waals surface area contributed by atoms with Crippen molar-refractivity contribution < 1.29 is 9.90 Å². The van der Waals surface area contributed by atoms with Gasteiger partial charge in [0.15, 0.2) is 11.4 Å². The number of hydrogen-bond donors (Lipinski definition) is 2. The van der Waals surface area contributed by atoms with Gasteiger partial charge < -0.3 is 10.8 Å². The van der Waals surface area contributed by atoms with Crippen molar-refractivity contribution in [2.45, 2.75) is 0 Å². The van der Waals surface area contributed by atoms with Crippen molar-refractivity contribution in [1.82, 2.24) is 4.98 Å². The van der Waals surface area contributed by atoms with Gasteiger partial charge in [0, 0.05) is 15.4 Å². The smallest absolute Gasteiger partial charge is 0.180 e. The number of benzene rings is 2. The fraction of sp³-hybridized carbons (Fsp3) is 0. The highest BCUT2D eigenvalue weighted by molar-refractivity contribution is 9.11. The van der Waals surface area contributed by atoms with Crippen LogP contribution in [0.4, 0.5) is 5.13 Å². The van der Waals surface area contributed by atoms with Crippen LogP contribution >= 0.6 is 43.2 Å². The maximum Gasteiger partial charge on any atom is 0.180 e. The molecule has 0 aliphatic heterocycles. The van der Waals surface area contributed by atoms with Gasteiger partial charge in [0.2, 0.25) is 0 Å². The van der Waals surface area contributed by atoms with Gasteiger partial charge in [-0.3, -0.25) is 4.79 Å². The number of halogens is 2. The molecule has 0 aliphatic carbocycles. The van der Waals surface area contributed by atoms with Crippen LogP contribution in [0.15, 0.2) is 56.8 Å². The highest BCUT2D eigenvalue weighted by atomic mass is 79.9. The summed E-state index contributed by atoms with van der Waals surface area (Å²) in [6.45, 7) is 0. The SMILES string of the molecule is Nc1nc(-c2ccccc2)cs1.O=Cc1cc(Br)cc(Br)c1O. The summed E-state index contributed by atoms with van der Waals surface area (Å²) in [6, 6.07) is 13.2. The van der Waals surface area contributed by atoms with E-state index in [1.807, 2.05) is 35.7 Å². The first-order chi connectivity index (χ1) is 11.0. The lowest BCUT2D eigenvalue weighted by Crippen LogP contribution is -1.82. The molecule has 3 rings (SSSR count). The number of carbonyl (C=O) groups excluding carboxylic acids is 1. The van der Waals surface area contributed by atoms with Crippen molar-refractivity contribution >= 4 is 54.6 Å². The first-order valence-electron chi connectivity index (χ1n) is 6.41. The number of nitrogens with two attached hydrogens (primary N) is 1. The first-order valence-corrected chi connectivity index (χ1v) is 8.87. The Labute approximate surface area is 154 Å². The van der Waals surface area contributed by atoms with Crippen LogP contribution in [0.25, 0.3) is 11.3 Å².